The number of likely N-dealkylation sites (N-methyl/N-ethyl adjacent to an activating group) is 1. The molecule has 1 aliphatic heterocycles. The standard InChI is InChI=1S/C11H15ClN4O2/c1-8-7-14(2)3-4-15(8)11-6-9(16(17)18)5-10(12)13-11/h5-6,8H,3-4,7H2,1-2H3. The molecule has 1 aromatic rings. The Morgan fingerprint density at radius 2 is 2.22 bits per heavy atom. The van der Waals surface area contributed by atoms with Gasteiger partial charge in [-0.1, -0.05) is 11.6 Å². The zero-order valence-corrected chi connectivity index (χ0v) is 11.1. The number of piperazine rings is 1. The van der Waals surface area contributed by atoms with E-state index in [4.69, 9.17) is 11.6 Å². The maximum atomic E-state index is 10.8. The van der Waals surface area contributed by atoms with Gasteiger partial charge in [0.15, 0.2) is 0 Å². The quantitative estimate of drug-likeness (QED) is 0.466. The van der Waals surface area contributed by atoms with Crippen molar-refractivity contribution < 1.29 is 4.92 Å². The molecule has 1 fully saturated rings. The molecule has 0 aliphatic carbocycles. The van der Waals surface area contributed by atoms with Crippen LogP contribution >= 0.6 is 11.6 Å². The zero-order valence-electron chi connectivity index (χ0n) is 10.3. The predicted molar refractivity (Wildman–Crippen MR) is 70.2 cm³/mol. The minimum absolute atomic E-state index is 0.0175. The summed E-state index contributed by atoms with van der Waals surface area (Å²) in [6.07, 6.45) is 0. The van der Waals surface area contributed by atoms with E-state index in [1.54, 1.807) is 0 Å². The number of nitro groups is 1. The van der Waals surface area contributed by atoms with E-state index in [9.17, 15) is 10.1 Å². The molecule has 1 aromatic heterocycles. The van der Waals surface area contributed by atoms with Crippen LogP contribution in [0.3, 0.4) is 0 Å². The summed E-state index contributed by atoms with van der Waals surface area (Å²) < 4.78 is 0. The van der Waals surface area contributed by atoms with E-state index in [1.165, 1.54) is 12.1 Å². The van der Waals surface area contributed by atoms with Gasteiger partial charge in [-0.15, -0.1) is 0 Å². The smallest absolute Gasteiger partial charge is 0.276 e. The monoisotopic (exact) mass is 270 g/mol. The predicted octanol–water partition coefficient (Wildman–Crippen LogP) is 1.78. The van der Waals surface area contributed by atoms with Crippen LogP contribution in [-0.2, 0) is 0 Å². The van der Waals surface area contributed by atoms with Crippen LogP contribution in [0.1, 0.15) is 6.92 Å². The van der Waals surface area contributed by atoms with Gasteiger partial charge in [-0.25, -0.2) is 4.98 Å². The first-order valence-corrected chi connectivity index (χ1v) is 6.12. The molecular weight excluding hydrogens is 256 g/mol. The molecule has 0 amide bonds. The summed E-state index contributed by atoms with van der Waals surface area (Å²) >= 11 is 5.84. The highest BCUT2D eigenvalue weighted by Crippen LogP contribution is 2.25. The van der Waals surface area contributed by atoms with Gasteiger partial charge in [-0.3, -0.25) is 10.1 Å². The highest BCUT2D eigenvalue weighted by molar-refractivity contribution is 6.29. The molecule has 0 bridgehead atoms. The molecule has 6 nitrogen and oxygen atoms in total. The molecular formula is C11H15ClN4O2. The number of aromatic nitrogens is 1. The first-order chi connectivity index (χ1) is 8.47. The summed E-state index contributed by atoms with van der Waals surface area (Å²) in [5, 5.41) is 11.0. The Morgan fingerprint density at radius 1 is 1.50 bits per heavy atom. The molecule has 0 spiro atoms. The van der Waals surface area contributed by atoms with Gasteiger partial charge in [-0.05, 0) is 14.0 Å². The fourth-order valence-electron chi connectivity index (χ4n) is 2.20. The number of hydrogen-bond acceptors (Lipinski definition) is 5. The van der Waals surface area contributed by atoms with Crippen molar-refractivity contribution in [3.8, 4) is 0 Å². The number of halogens is 1. The van der Waals surface area contributed by atoms with Crippen LogP contribution in [0.5, 0.6) is 0 Å². The first-order valence-electron chi connectivity index (χ1n) is 5.74. The van der Waals surface area contributed by atoms with Crippen LogP contribution in [0.15, 0.2) is 12.1 Å². The Hall–Kier alpha value is -1.40. The minimum atomic E-state index is -0.447. The molecule has 98 valence electrons. The summed E-state index contributed by atoms with van der Waals surface area (Å²) in [6, 6.07) is 3.01. The fraction of sp³-hybridized carbons (Fsp3) is 0.545. The van der Waals surface area contributed by atoms with Crippen molar-refractivity contribution in [2.75, 3.05) is 31.6 Å². The van der Waals surface area contributed by atoms with E-state index in [1.807, 2.05) is 0 Å². The Morgan fingerprint density at radius 3 is 2.83 bits per heavy atom. The molecule has 0 radical (unpaired) electrons. The van der Waals surface area contributed by atoms with Crippen LogP contribution < -0.4 is 4.90 Å². The number of anilines is 1. The molecule has 0 N–H and O–H groups in total. The van der Waals surface area contributed by atoms with Crippen molar-refractivity contribution in [1.82, 2.24) is 9.88 Å². The summed E-state index contributed by atoms with van der Waals surface area (Å²) in [4.78, 5) is 18.8. The lowest BCUT2D eigenvalue weighted by molar-refractivity contribution is -0.384. The highest BCUT2D eigenvalue weighted by atomic mass is 35.5. The number of nitrogens with zero attached hydrogens (tertiary/aromatic N) is 4. The molecule has 1 aliphatic rings. The lowest BCUT2D eigenvalue weighted by Crippen LogP contribution is -2.50. The van der Waals surface area contributed by atoms with Crippen LogP contribution in [0, 0.1) is 10.1 Å². The SMILES string of the molecule is CC1CN(C)CCN1c1cc([N+](=O)[O-])cc(Cl)n1. The molecule has 2 rings (SSSR count). The van der Waals surface area contributed by atoms with Gasteiger partial charge in [0, 0.05) is 25.7 Å². The van der Waals surface area contributed by atoms with E-state index in [0.29, 0.717) is 5.82 Å². The molecule has 1 unspecified atom stereocenters. The molecule has 18 heavy (non-hydrogen) atoms. The van der Waals surface area contributed by atoms with Gasteiger partial charge in [0.05, 0.1) is 17.1 Å². The second-order valence-electron chi connectivity index (χ2n) is 4.57. The lowest BCUT2D eigenvalue weighted by Gasteiger charge is -2.38. The van der Waals surface area contributed by atoms with Gasteiger partial charge in [-0.2, -0.15) is 0 Å². The molecule has 7 heteroatoms. The Labute approximate surface area is 110 Å². The van der Waals surface area contributed by atoms with Crippen molar-refractivity contribution in [2.24, 2.45) is 0 Å². The number of pyridine rings is 1. The first kappa shape index (κ1) is 13.0. The second kappa shape index (κ2) is 5.07. The van der Waals surface area contributed by atoms with Gasteiger partial charge in [0.25, 0.3) is 5.69 Å². The van der Waals surface area contributed by atoms with Crippen LogP contribution in [0.25, 0.3) is 0 Å². The largest absolute Gasteiger partial charge is 0.351 e. The molecule has 0 saturated carbocycles. The third kappa shape index (κ3) is 2.70. The molecule has 2 heterocycles. The van der Waals surface area contributed by atoms with E-state index in [0.717, 1.165) is 19.6 Å². The van der Waals surface area contributed by atoms with Gasteiger partial charge < -0.3 is 9.80 Å². The van der Waals surface area contributed by atoms with E-state index in [-0.39, 0.29) is 16.9 Å². The van der Waals surface area contributed by atoms with Crippen LogP contribution in [0.2, 0.25) is 5.15 Å². The van der Waals surface area contributed by atoms with Crippen molar-refractivity contribution in [1.29, 1.82) is 0 Å². The van der Waals surface area contributed by atoms with Crippen LogP contribution in [0.4, 0.5) is 11.5 Å². The maximum absolute atomic E-state index is 10.8. The van der Waals surface area contributed by atoms with E-state index in [2.05, 4.69) is 28.8 Å². The summed E-state index contributed by atoms with van der Waals surface area (Å²) in [7, 11) is 2.06. The van der Waals surface area contributed by atoms with Gasteiger partial charge >= 0.3 is 0 Å². The summed E-state index contributed by atoms with van der Waals surface area (Å²) in [5.74, 6) is 0.579. The Bertz CT molecular complexity index is 468. The summed E-state index contributed by atoms with van der Waals surface area (Å²) in [6.45, 7) is 4.68. The number of hydrogen-bond donors (Lipinski definition) is 0. The van der Waals surface area contributed by atoms with E-state index >= 15 is 0 Å². The van der Waals surface area contributed by atoms with Crippen LogP contribution in [-0.4, -0.2) is 47.5 Å². The number of rotatable bonds is 2. The van der Waals surface area contributed by atoms with Gasteiger partial charge in [0.2, 0.25) is 0 Å². The molecule has 0 aromatic carbocycles. The normalized spacial score (nSPS) is 21.1. The maximum Gasteiger partial charge on any atom is 0.276 e. The minimum Gasteiger partial charge on any atom is -0.351 e. The van der Waals surface area contributed by atoms with Gasteiger partial charge in [0.1, 0.15) is 11.0 Å². The van der Waals surface area contributed by atoms with Crippen molar-refractivity contribution in [3.05, 3.63) is 27.4 Å². The average molecular weight is 271 g/mol. The Kier molecular flexibility index (Phi) is 3.68. The molecule has 1 saturated heterocycles. The topological polar surface area (TPSA) is 62.5 Å². The van der Waals surface area contributed by atoms with Crippen molar-refractivity contribution in [3.63, 3.8) is 0 Å². The molecule has 1 atom stereocenters. The zero-order chi connectivity index (χ0) is 13.3. The van der Waals surface area contributed by atoms with Crippen molar-refractivity contribution in [2.45, 2.75) is 13.0 Å². The third-order valence-corrected chi connectivity index (χ3v) is 3.29. The lowest BCUT2D eigenvalue weighted by atomic mass is 10.2. The summed E-state index contributed by atoms with van der Waals surface area (Å²) in [5.41, 5.74) is -0.0175. The third-order valence-electron chi connectivity index (χ3n) is 3.10. The fourth-order valence-corrected chi connectivity index (χ4v) is 2.40. The Balaban J connectivity index is 2.30. The highest BCUT2D eigenvalue weighted by Gasteiger charge is 2.24. The second-order valence-corrected chi connectivity index (χ2v) is 4.96. The average Bonchev–Trinajstić information content (AvgIpc) is 2.27. The van der Waals surface area contributed by atoms with Crippen molar-refractivity contribution >= 4 is 23.1 Å². The van der Waals surface area contributed by atoms with E-state index < -0.39 is 4.92 Å².